The van der Waals surface area contributed by atoms with E-state index in [1.165, 1.54) is 4.90 Å². The summed E-state index contributed by atoms with van der Waals surface area (Å²) in [6.07, 6.45) is 2.03. The lowest BCUT2D eigenvalue weighted by Crippen LogP contribution is -3.15. The molecule has 2 aromatic carbocycles. The summed E-state index contributed by atoms with van der Waals surface area (Å²) < 4.78 is 0. The molecular weight excluding hydrogens is 354 g/mol. The van der Waals surface area contributed by atoms with Gasteiger partial charge in [0, 0.05) is 10.6 Å². The van der Waals surface area contributed by atoms with Crippen LogP contribution in [-0.2, 0) is 4.79 Å². The van der Waals surface area contributed by atoms with Crippen molar-refractivity contribution in [1.82, 2.24) is 0 Å². The van der Waals surface area contributed by atoms with Crippen LogP contribution in [0.5, 0.6) is 0 Å². The smallest absolute Gasteiger partial charge is 0.279 e. The fourth-order valence-corrected chi connectivity index (χ4v) is 3.80. The van der Waals surface area contributed by atoms with Crippen molar-refractivity contribution in [2.24, 2.45) is 0 Å². The highest BCUT2D eigenvalue weighted by Crippen LogP contribution is 2.24. The Morgan fingerprint density at radius 2 is 1.96 bits per heavy atom. The summed E-state index contributed by atoms with van der Waals surface area (Å²) in [6, 6.07) is 15.9. The second-order valence-corrected chi connectivity index (χ2v) is 7.43. The molecule has 2 N–H and O–H groups in total. The highest BCUT2D eigenvalue weighted by Gasteiger charge is 2.23. The Hall–Kier alpha value is -1.69. The number of para-hydroxylation sites is 1. The van der Waals surface area contributed by atoms with Crippen LogP contribution in [0.1, 0.15) is 0 Å². The Morgan fingerprint density at radius 1 is 1.20 bits per heavy atom. The number of thioether (sulfide) groups is 1. The fraction of sp³-hybridized carbons (Fsp3) is 0.316. The van der Waals surface area contributed by atoms with E-state index in [2.05, 4.69) is 16.3 Å². The van der Waals surface area contributed by atoms with Gasteiger partial charge in [-0.3, -0.25) is 4.79 Å². The van der Waals surface area contributed by atoms with Crippen LogP contribution in [0, 0.1) is 0 Å². The van der Waals surface area contributed by atoms with Gasteiger partial charge in [-0.1, -0.05) is 29.8 Å². The summed E-state index contributed by atoms with van der Waals surface area (Å²) in [7, 11) is 0. The van der Waals surface area contributed by atoms with Gasteiger partial charge in [0.05, 0.1) is 36.9 Å². The number of carbonyl (C=O) groups excluding carboxylic acids is 1. The molecule has 1 aliphatic rings. The van der Waals surface area contributed by atoms with E-state index in [0.717, 1.165) is 47.5 Å². The molecule has 0 radical (unpaired) electrons. The Morgan fingerprint density at radius 3 is 2.68 bits per heavy atom. The Kier molecular flexibility index (Phi) is 6.24. The summed E-state index contributed by atoms with van der Waals surface area (Å²) >= 11 is 7.95. The van der Waals surface area contributed by atoms with E-state index in [0.29, 0.717) is 6.54 Å². The van der Waals surface area contributed by atoms with Crippen molar-refractivity contribution in [3.05, 3.63) is 53.6 Å². The molecule has 0 atom stereocenters. The van der Waals surface area contributed by atoms with Crippen molar-refractivity contribution in [1.29, 1.82) is 0 Å². The molecule has 3 rings (SSSR count). The molecule has 2 aromatic rings. The average molecular weight is 377 g/mol. The van der Waals surface area contributed by atoms with Crippen LogP contribution in [0.3, 0.4) is 0 Å². The second-order valence-electron chi connectivity index (χ2n) is 6.15. The molecule has 1 saturated heterocycles. The number of nitrogens with one attached hydrogen (secondary N) is 2. The van der Waals surface area contributed by atoms with Crippen LogP contribution in [0.4, 0.5) is 11.4 Å². The van der Waals surface area contributed by atoms with Gasteiger partial charge in [-0.05, 0) is 36.6 Å². The van der Waals surface area contributed by atoms with Gasteiger partial charge >= 0.3 is 0 Å². The van der Waals surface area contributed by atoms with E-state index in [-0.39, 0.29) is 5.91 Å². The zero-order chi connectivity index (χ0) is 17.6. The molecule has 0 spiro atoms. The summed E-state index contributed by atoms with van der Waals surface area (Å²) in [5.74, 6) is 0.0689. The maximum Gasteiger partial charge on any atom is 0.279 e. The number of hydrogen-bond acceptors (Lipinski definition) is 3. The van der Waals surface area contributed by atoms with Crippen LogP contribution >= 0.6 is 23.4 Å². The first-order valence-corrected chi connectivity index (χ1v) is 10.0. The van der Waals surface area contributed by atoms with E-state index in [1.54, 1.807) is 11.8 Å². The van der Waals surface area contributed by atoms with Gasteiger partial charge in [0.2, 0.25) is 0 Å². The molecule has 1 fully saturated rings. The molecule has 4 nitrogen and oxygen atoms in total. The lowest BCUT2D eigenvalue weighted by Gasteiger charge is -2.33. The summed E-state index contributed by atoms with van der Waals surface area (Å²) in [5, 5.41) is 3.80. The third-order valence-electron chi connectivity index (χ3n) is 4.43. The van der Waals surface area contributed by atoms with Gasteiger partial charge in [0.25, 0.3) is 5.91 Å². The fourth-order valence-electron chi connectivity index (χ4n) is 3.08. The standard InChI is InChI=1S/C19H22ClN3OS/c1-25-16-6-4-5-15(13-16)21-19(24)14-22-9-11-23(12-10-22)18-8-3-2-7-17(18)20/h2-8,13H,9-12,14H2,1H3,(H,21,24)/p+1. The van der Waals surface area contributed by atoms with Crippen LogP contribution in [0.2, 0.25) is 5.02 Å². The number of quaternary nitrogens is 1. The van der Waals surface area contributed by atoms with E-state index in [9.17, 15) is 4.79 Å². The Balaban J connectivity index is 1.50. The highest BCUT2D eigenvalue weighted by atomic mass is 35.5. The Labute approximate surface area is 158 Å². The molecule has 0 aliphatic carbocycles. The molecule has 0 saturated carbocycles. The van der Waals surface area contributed by atoms with Crippen molar-refractivity contribution in [2.45, 2.75) is 4.90 Å². The third-order valence-corrected chi connectivity index (χ3v) is 5.47. The minimum absolute atomic E-state index is 0.0689. The molecule has 0 aromatic heterocycles. The van der Waals surface area contributed by atoms with Crippen LogP contribution in [0.15, 0.2) is 53.4 Å². The van der Waals surface area contributed by atoms with Crippen molar-refractivity contribution in [2.75, 3.05) is 49.2 Å². The molecule has 0 bridgehead atoms. The number of rotatable bonds is 5. The third kappa shape index (κ3) is 4.91. The average Bonchev–Trinajstić information content (AvgIpc) is 2.63. The predicted octanol–water partition coefficient (Wildman–Crippen LogP) is 2.41. The second kappa shape index (κ2) is 8.61. The van der Waals surface area contributed by atoms with Gasteiger partial charge in [0.1, 0.15) is 0 Å². The molecule has 6 heteroatoms. The first kappa shape index (κ1) is 18.1. The zero-order valence-corrected chi connectivity index (χ0v) is 15.9. The van der Waals surface area contributed by atoms with Gasteiger partial charge in [0.15, 0.2) is 6.54 Å². The number of hydrogen-bond donors (Lipinski definition) is 2. The van der Waals surface area contributed by atoms with Gasteiger partial charge in [-0.25, -0.2) is 0 Å². The lowest BCUT2D eigenvalue weighted by atomic mass is 10.2. The predicted molar refractivity (Wildman–Crippen MR) is 106 cm³/mol. The SMILES string of the molecule is CSc1cccc(NC(=O)C[NH+]2CCN(c3ccccc3Cl)CC2)c1. The van der Waals surface area contributed by atoms with Crippen molar-refractivity contribution >= 4 is 40.6 Å². The topological polar surface area (TPSA) is 36.8 Å². The number of nitrogens with zero attached hydrogens (tertiary/aromatic N) is 1. The van der Waals surface area contributed by atoms with Crippen LogP contribution in [0.25, 0.3) is 0 Å². The quantitative estimate of drug-likeness (QED) is 0.787. The molecular formula is C19H23ClN3OS+. The summed E-state index contributed by atoms with van der Waals surface area (Å²) in [4.78, 5) is 17.1. The molecule has 132 valence electrons. The summed E-state index contributed by atoms with van der Waals surface area (Å²) in [5.41, 5.74) is 1.95. The number of halogens is 1. The van der Waals surface area contributed by atoms with Crippen LogP contribution < -0.4 is 15.1 Å². The van der Waals surface area contributed by atoms with Gasteiger partial charge < -0.3 is 15.1 Å². The van der Waals surface area contributed by atoms with Crippen molar-refractivity contribution in [3.63, 3.8) is 0 Å². The van der Waals surface area contributed by atoms with Crippen molar-refractivity contribution in [3.8, 4) is 0 Å². The maximum atomic E-state index is 12.3. The largest absolute Gasteiger partial charge is 0.359 e. The molecule has 1 aliphatic heterocycles. The van der Waals surface area contributed by atoms with Crippen LogP contribution in [-0.4, -0.2) is 44.9 Å². The molecule has 0 unspecified atom stereocenters. The van der Waals surface area contributed by atoms with Gasteiger partial charge in [-0.15, -0.1) is 11.8 Å². The normalized spacial score (nSPS) is 15.2. The number of piperazine rings is 1. The first-order valence-electron chi connectivity index (χ1n) is 8.42. The van der Waals surface area contributed by atoms with E-state index in [1.807, 2.05) is 48.7 Å². The number of anilines is 2. The molecule has 1 amide bonds. The maximum absolute atomic E-state index is 12.3. The first-order chi connectivity index (χ1) is 12.2. The zero-order valence-electron chi connectivity index (χ0n) is 14.3. The molecule has 1 heterocycles. The monoisotopic (exact) mass is 376 g/mol. The molecule has 25 heavy (non-hydrogen) atoms. The minimum Gasteiger partial charge on any atom is -0.359 e. The van der Waals surface area contributed by atoms with E-state index < -0.39 is 0 Å². The Bertz CT molecular complexity index is 732. The summed E-state index contributed by atoms with van der Waals surface area (Å²) in [6.45, 7) is 4.19. The number of carbonyl (C=O) groups is 1. The minimum atomic E-state index is 0.0689. The lowest BCUT2D eigenvalue weighted by molar-refractivity contribution is -0.892. The number of benzene rings is 2. The van der Waals surface area contributed by atoms with Crippen molar-refractivity contribution < 1.29 is 9.69 Å². The van der Waals surface area contributed by atoms with E-state index >= 15 is 0 Å². The van der Waals surface area contributed by atoms with Gasteiger partial charge in [-0.2, -0.15) is 0 Å². The number of amides is 1. The van der Waals surface area contributed by atoms with E-state index in [4.69, 9.17) is 11.6 Å². The highest BCUT2D eigenvalue weighted by molar-refractivity contribution is 7.98.